The van der Waals surface area contributed by atoms with E-state index in [4.69, 9.17) is 10.6 Å². The lowest BCUT2D eigenvalue weighted by atomic mass is 10.3. The zero-order valence-electron chi connectivity index (χ0n) is 5.51. The van der Waals surface area contributed by atoms with Crippen molar-refractivity contribution in [3.8, 4) is 0 Å². The van der Waals surface area contributed by atoms with Crippen LogP contribution < -0.4 is 0 Å². The highest BCUT2D eigenvalue weighted by Gasteiger charge is 2.26. The average molecular weight is 151 g/mol. The lowest BCUT2D eigenvalue weighted by Gasteiger charge is -1.76. The van der Waals surface area contributed by atoms with E-state index >= 15 is 0 Å². The molecule has 1 aromatic carbocycles. The molecule has 0 aromatic heterocycles. The van der Waals surface area contributed by atoms with Gasteiger partial charge < -0.3 is 0 Å². The van der Waals surface area contributed by atoms with Gasteiger partial charge >= 0.3 is 11.4 Å². The number of hydrogen-bond acceptors (Lipinski definition) is 2. The van der Waals surface area contributed by atoms with Crippen LogP contribution in [0.15, 0.2) is 24.3 Å². The maximum absolute atomic E-state index is 10.3. The predicted molar refractivity (Wildman–Crippen MR) is 36.3 cm³/mol. The van der Waals surface area contributed by atoms with Gasteiger partial charge in [0.15, 0.2) is 4.98 Å². The van der Waals surface area contributed by atoms with Gasteiger partial charge in [0.25, 0.3) is 4.92 Å². The molecule has 0 fully saturated rings. The molecule has 0 unspecified atom stereocenters. The average Bonchev–Trinajstić information content (AvgIpc) is 2.04. The Kier molecular flexibility index (Phi) is 1.79. The van der Waals surface area contributed by atoms with Gasteiger partial charge in [0.05, 0.1) is 4.91 Å². The molecule has 0 atom stereocenters. The van der Waals surface area contributed by atoms with Crippen molar-refractivity contribution in [3.05, 3.63) is 34.1 Å². The Bertz CT molecular complexity index is 329. The Morgan fingerprint density at radius 3 is 2.55 bits per heavy atom. The molecule has 0 heterocycles. The smallest absolute Gasteiger partial charge is 0.240 e. The fourth-order valence-corrected chi connectivity index (χ4v) is 0.710. The van der Waals surface area contributed by atoms with Crippen molar-refractivity contribution in [3.63, 3.8) is 0 Å². The van der Waals surface area contributed by atoms with Crippen LogP contribution in [0.3, 0.4) is 0 Å². The Morgan fingerprint density at radius 2 is 2.09 bits per heavy atom. The summed E-state index contributed by atoms with van der Waals surface area (Å²) in [4.78, 5) is 12.8. The molecule has 11 heavy (non-hydrogen) atoms. The lowest BCUT2D eigenvalue weighted by molar-refractivity contribution is -0.729. The van der Waals surface area contributed by atoms with E-state index in [0.717, 1.165) is 0 Å². The molecule has 1 rings (SSSR count). The van der Waals surface area contributed by atoms with Crippen LogP contribution in [0.5, 0.6) is 0 Å². The molecular weight excluding hydrogens is 146 g/mol. The monoisotopic (exact) mass is 151 g/mol. The van der Waals surface area contributed by atoms with Crippen LogP contribution in [0.2, 0.25) is 0 Å². The van der Waals surface area contributed by atoms with Gasteiger partial charge in [-0.15, -0.1) is 0 Å². The van der Waals surface area contributed by atoms with Crippen molar-refractivity contribution >= 4 is 11.4 Å². The summed E-state index contributed by atoms with van der Waals surface area (Å²) in [5.41, 5.74) is -0.0556. The molecular formula is C6H5N3O2+2. The van der Waals surface area contributed by atoms with Gasteiger partial charge in [0, 0.05) is 12.1 Å². The first-order valence-corrected chi connectivity index (χ1v) is 2.86. The minimum Gasteiger partial charge on any atom is -0.240 e. The van der Waals surface area contributed by atoms with Crippen molar-refractivity contribution in [2.75, 3.05) is 0 Å². The quantitative estimate of drug-likeness (QED) is 0.492. The second kappa shape index (κ2) is 2.75. The lowest BCUT2D eigenvalue weighted by Crippen LogP contribution is -1.90. The van der Waals surface area contributed by atoms with Gasteiger partial charge in [-0.2, -0.15) is 0 Å². The molecule has 0 aliphatic carbocycles. The highest BCUT2D eigenvalue weighted by molar-refractivity contribution is 5.60. The van der Waals surface area contributed by atoms with E-state index in [0.29, 0.717) is 0 Å². The third kappa shape index (κ3) is 1.30. The van der Waals surface area contributed by atoms with E-state index < -0.39 is 0 Å². The van der Waals surface area contributed by atoms with Crippen LogP contribution in [0.1, 0.15) is 0 Å². The van der Waals surface area contributed by atoms with Crippen molar-refractivity contribution in [1.82, 2.24) is 0 Å². The number of diazo groups is 1. The van der Waals surface area contributed by atoms with E-state index in [2.05, 4.69) is 4.98 Å². The molecule has 54 valence electrons. The molecule has 0 saturated carbocycles. The second-order valence-corrected chi connectivity index (χ2v) is 1.86. The Balaban J connectivity index is 3.26. The van der Waals surface area contributed by atoms with Crippen molar-refractivity contribution in [2.24, 2.45) is 0 Å². The first kappa shape index (κ1) is 7.15. The SMILES string of the molecule is N#[N+]c1ccccc1[N+](=O)O. The van der Waals surface area contributed by atoms with Gasteiger partial charge in [-0.3, -0.25) is 0 Å². The van der Waals surface area contributed by atoms with Gasteiger partial charge in [-0.05, 0) is 0 Å². The maximum atomic E-state index is 10.3. The number of para-hydroxylation sites is 1. The van der Waals surface area contributed by atoms with E-state index in [1.54, 1.807) is 12.1 Å². The highest BCUT2D eigenvalue weighted by Crippen LogP contribution is 2.25. The van der Waals surface area contributed by atoms with E-state index in [9.17, 15) is 4.91 Å². The normalized spacial score (nSPS) is 8.64. The molecule has 0 aliphatic rings. The number of hydrogen-bond donors (Lipinski definition) is 1. The van der Waals surface area contributed by atoms with E-state index in [1.807, 2.05) is 0 Å². The van der Waals surface area contributed by atoms with E-state index in [-0.39, 0.29) is 16.3 Å². The topological polar surface area (TPSA) is 68.5 Å². The summed E-state index contributed by atoms with van der Waals surface area (Å²) < 4.78 is 0. The van der Waals surface area contributed by atoms with Crippen LogP contribution >= 0.6 is 0 Å². The zero-order chi connectivity index (χ0) is 8.27. The van der Waals surface area contributed by atoms with Crippen LogP contribution in [0.4, 0.5) is 11.4 Å². The Hall–Kier alpha value is -1.96. The van der Waals surface area contributed by atoms with E-state index in [1.165, 1.54) is 12.1 Å². The summed E-state index contributed by atoms with van der Waals surface area (Å²) in [5.74, 6) is 0. The first-order chi connectivity index (χ1) is 5.25. The Labute approximate surface area is 62.0 Å². The van der Waals surface area contributed by atoms with Crippen molar-refractivity contribution < 1.29 is 10.1 Å². The van der Waals surface area contributed by atoms with Crippen LogP contribution in [-0.2, 0) is 0 Å². The second-order valence-electron chi connectivity index (χ2n) is 1.86. The summed E-state index contributed by atoms with van der Waals surface area (Å²) in [6.45, 7) is 0. The minimum absolute atomic E-state index is 0.0324. The molecule has 0 amide bonds. The highest BCUT2D eigenvalue weighted by atomic mass is 16.6. The van der Waals surface area contributed by atoms with Gasteiger partial charge in [0.1, 0.15) is 0 Å². The fraction of sp³-hybridized carbons (Fsp3) is 0. The third-order valence-corrected chi connectivity index (χ3v) is 1.20. The number of rotatable bonds is 1. The summed E-state index contributed by atoms with van der Waals surface area (Å²) >= 11 is 0. The minimum atomic E-state index is -0.352. The summed E-state index contributed by atoms with van der Waals surface area (Å²) in [7, 11) is 0. The number of nitrogens with zero attached hydrogens (tertiary/aromatic N) is 3. The zero-order valence-corrected chi connectivity index (χ0v) is 5.51. The van der Waals surface area contributed by atoms with Crippen LogP contribution in [0, 0.1) is 10.3 Å². The first-order valence-electron chi connectivity index (χ1n) is 2.86. The maximum Gasteiger partial charge on any atom is 0.465 e. The molecule has 5 nitrogen and oxygen atoms in total. The summed E-state index contributed by atoms with van der Waals surface area (Å²) in [5, 5.41) is 16.8. The van der Waals surface area contributed by atoms with Crippen molar-refractivity contribution in [2.45, 2.75) is 0 Å². The molecule has 5 heteroatoms. The molecule has 0 radical (unpaired) electrons. The fourth-order valence-electron chi connectivity index (χ4n) is 0.710. The molecule has 0 bridgehead atoms. The predicted octanol–water partition coefficient (Wildman–Crippen LogP) is 1.97. The molecule has 0 aliphatic heterocycles. The third-order valence-electron chi connectivity index (χ3n) is 1.20. The summed E-state index contributed by atoms with van der Waals surface area (Å²) in [6, 6.07) is 5.87. The van der Waals surface area contributed by atoms with Crippen LogP contribution in [0.25, 0.3) is 4.98 Å². The summed E-state index contributed by atoms with van der Waals surface area (Å²) in [6.07, 6.45) is 0. The Morgan fingerprint density at radius 1 is 1.45 bits per heavy atom. The molecule has 0 spiro atoms. The standard InChI is InChI=1S/C6H5N3O2/c7-8-5-3-1-2-4-6(5)9(10)11/h1-4H,(H,10,11)/q+2. The van der Waals surface area contributed by atoms with Crippen molar-refractivity contribution in [1.29, 1.82) is 5.39 Å². The van der Waals surface area contributed by atoms with Gasteiger partial charge in [-0.1, -0.05) is 12.1 Å². The van der Waals surface area contributed by atoms with Gasteiger partial charge in [0.2, 0.25) is 5.39 Å². The largest absolute Gasteiger partial charge is 0.465 e. The van der Waals surface area contributed by atoms with Crippen LogP contribution in [-0.4, -0.2) is 10.1 Å². The molecule has 1 N–H and O–H groups in total. The molecule has 0 saturated heterocycles. The number of benzene rings is 1. The molecule has 1 aromatic rings. The van der Waals surface area contributed by atoms with Gasteiger partial charge in [-0.25, -0.2) is 5.21 Å².